The number of carbonyl (C=O) groups is 14. The van der Waals surface area contributed by atoms with Gasteiger partial charge in [0.05, 0.1) is 19.7 Å². The van der Waals surface area contributed by atoms with Crippen molar-refractivity contribution < 1.29 is 110 Å². The number of hydrogen-bond donors (Lipinski definition) is 14. The minimum Gasteiger partial charge on any atom is -0.462 e. The zero-order chi connectivity index (χ0) is 62.8. The fourth-order valence-corrected chi connectivity index (χ4v) is 7.55. The summed E-state index contributed by atoms with van der Waals surface area (Å²) in [5.41, 5.74) is 0. The normalized spacial score (nSPS) is 21.6. The fraction of sp³-hybridized carbons (Fsp3) is 0.686. The molecule has 476 valence electrons. The first kappa shape index (κ1) is 76.7. The topological polar surface area (TPSA) is 459 Å². The molecule has 0 aromatic heterocycles. The van der Waals surface area contributed by atoms with Crippen LogP contribution in [0.3, 0.4) is 0 Å². The summed E-state index contributed by atoms with van der Waals surface area (Å²) >= 11 is 0. The summed E-state index contributed by atoms with van der Waals surface area (Å²) in [6.07, 6.45) is 6.38. The van der Waals surface area contributed by atoms with Gasteiger partial charge in [0.15, 0.2) is 0 Å². The molecule has 0 saturated carbocycles. The number of amides is 13. The Hall–Kier alpha value is -7.32. The van der Waals surface area contributed by atoms with E-state index >= 15 is 0 Å². The molecule has 14 N–H and O–H groups in total. The Morgan fingerprint density at radius 3 is 1.52 bits per heavy atom. The van der Waals surface area contributed by atoms with Gasteiger partial charge in [0.25, 0.3) is 0 Å². The Labute approximate surface area is 497 Å². The number of unbranched alkanes of at least 4 members (excludes halogenated alkanes) is 4. The second-order valence-electron chi connectivity index (χ2n) is 19.8. The molecule has 13 amide bonds. The van der Waals surface area contributed by atoms with Crippen LogP contribution in [0.1, 0.15) is 126 Å². The summed E-state index contributed by atoms with van der Waals surface area (Å²) < 4.78 is 5.29. The minimum atomic E-state index is -1.79. The number of allylic oxidation sites excluding steroid dienone is 1. The molecule has 0 spiro atoms. The third-order valence-electron chi connectivity index (χ3n) is 12.4. The number of cyclic esters (lactones) is 1. The molecule has 0 unspecified atom stereocenters. The second-order valence-corrected chi connectivity index (χ2v) is 19.8. The van der Waals surface area contributed by atoms with Crippen LogP contribution in [0.15, 0.2) is 12.2 Å². The Kier molecular flexibility index (Phi) is 38.0. The molecule has 0 aromatic rings. The van der Waals surface area contributed by atoms with Gasteiger partial charge in [-0.15, -0.1) is 0 Å². The van der Waals surface area contributed by atoms with Crippen molar-refractivity contribution in [2.75, 3.05) is 52.5 Å². The third kappa shape index (κ3) is 31.4. The van der Waals surface area contributed by atoms with Gasteiger partial charge < -0.3 is 63.0 Å². The smallest absolute Gasteiger partial charge is 0.325 e. The second kappa shape index (κ2) is 41.6. The van der Waals surface area contributed by atoms with Gasteiger partial charge in [0, 0.05) is 63.9 Å². The predicted octanol–water partition coefficient (Wildman–Crippen LogP) is -4.08. The first-order valence-electron chi connectivity index (χ1n) is 27.4. The quantitative estimate of drug-likeness (QED) is 0.0122. The average molecular weight is 1240 g/mol. The Balaban J connectivity index is 0.0000689. The number of aliphatic hydroxyl groups is 1. The van der Waals surface area contributed by atoms with Crippen LogP contribution in [-0.2, 0) is 88.9 Å². The van der Waals surface area contributed by atoms with E-state index in [0.29, 0.717) is 21.6 Å². The molecule has 0 bridgehead atoms. The molecule has 1 rings (SSSR count). The molecule has 1 heterocycles. The van der Waals surface area contributed by atoms with Crippen molar-refractivity contribution in [2.24, 2.45) is 5.92 Å². The van der Waals surface area contributed by atoms with Gasteiger partial charge in [-0.2, -0.15) is 0 Å². The van der Waals surface area contributed by atoms with E-state index in [2.05, 4.69) is 60.1 Å². The maximum absolute atomic E-state index is 14.0. The Bertz CT molecular complexity index is 2280. The van der Waals surface area contributed by atoms with Crippen LogP contribution in [0.2, 0.25) is 0 Å². The van der Waals surface area contributed by atoms with Crippen molar-refractivity contribution in [3.63, 3.8) is 0 Å². The number of carbonyl (C=O) groups excluding carboxylic acids is 14. The van der Waals surface area contributed by atoms with Crippen LogP contribution in [0, 0.1) is 5.92 Å². The third-order valence-corrected chi connectivity index (χ3v) is 12.4. The van der Waals surface area contributed by atoms with Gasteiger partial charge in [-0.1, -0.05) is 52.2 Å². The first-order valence-corrected chi connectivity index (χ1v) is 27.4. The number of nitrogens with one attached hydrogen (secondary N) is 10. The minimum absolute atomic E-state index is 0. The van der Waals surface area contributed by atoms with E-state index in [4.69, 9.17) is 4.74 Å². The summed E-state index contributed by atoms with van der Waals surface area (Å²) in [4.78, 5) is 183. The summed E-state index contributed by atoms with van der Waals surface area (Å²) in [6.45, 7) is 3.95. The van der Waals surface area contributed by atoms with Crippen LogP contribution in [-0.4, -0.2) is 213 Å². The Morgan fingerprint density at radius 2 is 1.02 bits per heavy atom. The summed E-state index contributed by atoms with van der Waals surface area (Å²) in [5.74, 6) is -14.1. The van der Waals surface area contributed by atoms with Crippen LogP contribution < -0.4 is 53.2 Å². The van der Waals surface area contributed by atoms with Gasteiger partial charge in [0.1, 0.15) is 55.4 Å². The molecule has 0 radical (unpaired) electrons. The van der Waals surface area contributed by atoms with Gasteiger partial charge in [-0.05, 0) is 64.2 Å². The van der Waals surface area contributed by atoms with Crippen LogP contribution in [0.5, 0.6) is 0 Å². The molecule has 0 aromatic carbocycles. The van der Waals surface area contributed by atoms with Crippen molar-refractivity contribution in [1.29, 1.82) is 0 Å². The summed E-state index contributed by atoms with van der Waals surface area (Å²) in [6, 6.07) is -11.0. The SMILES string of the molecule is CCCCCC/C=C/CC(=O)N[C@H]1COC(=O)CNC(=O)[C@H](CCCN(O)C(C)=O)NC(=O)CNC(=O)[C@H](C)NC(=O)[C@H](CCCN(O)C(C)=O)NC(=O)[C@H](CO)NC(=O)[C@H](C(C)C)NC(=O)CNC(=O)[C@H](CCCN(O)C(C)=O)NC1=O.[Fe]. The monoisotopic (exact) mass is 1240 g/mol. The van der Waals surface area contributed by atoms with Crippen LogP contribution in [0.25, 0.3) is 0 Å². The van der Waals surface area contributed by atoms with Crippen molar-refractivity contribution in [3.8, 4) is 0 Å². The number of hydroxylamine groups is 6. The van der Waals surface area contributed by atoms with Gasteiger partial charge >= 0.3 is 5.97 Å². The van der Waals surface area contributed by atoms with E-state index in [1.54, 1.807) is 12.2 Å². The molecule has 1 aliphatic rings. The van der Waals surface area contributed by atoms with Crippen LogP contribution >= 0.6 is 0 Å². The Morgan fingerprint density at radius 1 is 0.571 bits per heavy atom. The van der Waals surface area contributed by atoms with Gasteiger partial charge in [0.2, 0.25) is 76.8 Å². The summed E-state index contributed by atoms with van der Waals surface area (Å²) in [7, 11) is 0. The summed E-state index contributed by atoms with van der Waals surface area (Å²) in [5, 5.41) is 64.6. The molecule has 1 saturated heterocycles. The van der Waals surface area contributed by atoms with E-state index in [-0.39, 0.29) is 81.6 Å². The largest absolute Gasteiger partial charge is 0.462 e. The molecule has 32 nitrogen and oxygen atoms in total. The van der Waals surface area contributed by atoms with Crippen molar-refractivity contribution >= 4 is 82.8 Å². The first-order chi connectivity index (χ1) is 39.1. The predicted molar refractivity (Wildman–Crippen MR) is 289 cm³/mol. The standard InChI is InChI=1S/C51H85N13O19.Fe/c1-8-9-10-11-12-13-14-21-40(69)57-39-29-83-43(72)27-54-46(74)35(18-15-22-62(80)32(5)66)56-41(70)25-52-45(73)31(4)55-48(76)37(20-17-24-64(82)34(7)68)59-49(77)38(28-65)60-51(79)44(30(2)3)61-42(71)26-53-47(75)36(58-50(39)78)19-16-23-63(81)33(6)67;/h13-14,30-31,35-39,44,65,80-82H,8-12,15-29H2,1-7H3,(H,52,73)(H,53,75)(H,54,74)(H,55,76)(H,56,70)(H,57,69)(H,58,78)(H,59,77)(H,60,79)(H,61,71);/b14-13+;/t31-,35-,36-,37-,38-,39-,44-;/m0./s1. The molecule has 1 fully saturated rings. The number of esters is 1. The number of nitrogens with zero attached hydrogens (tertiary/aromatic N) is 3. The zero-order valence-corrected chi connectivity index (χ0v) is 49.6. The van der Waals surface area contributed by atoms with Crippen molar-refractivity contribution in [3.05, 3.63) is 12.2 Å². The van der Waals surface area contributed by atoms with E-state index in [1.165, 1.54) is 20.8 Å². The molecule has 33 heteroatoms. The van der Waals surface area contributed by atoms with E-state index < -0.39 is 164 Å². The molecule has 1 aliphatic heterocycles. The molecular formula is C51H85FeN13O19. The number of hydrogen-bond acceptors (Lipinski definition) is 19. The van der Waals surface area contributed by atoms with Gasteiger partial charge in [-0.3, -0.25) is 82.7 Å². The number of rotatable bonds is 22. The maximum Gasteiger partial charge on any atom is 0.325 e. The van der Waals surface area contributed by atoms with Gasteiger partial charge in [-0.25, -0.2) is 15.2 Å². The maximum atomic E-state index is 14.0. The molecular weight excluding hydrogens is 1150 g/mol. The van der Waals surface area contributed by atoms with E-state index in [1.807, 2.05) is 0 Å². The van der Waals surface area contributed by atoms with Crippen molar-refractivity contribution in [1.82, 2.24) is 68.4 Å². The number of aliphatic hydroxyl groups excluding tert-OH is 1. The molecule has 7 atom stereocenters. The molecule has 84 heavy (non-hydrogen) atoms. The molecule has 0 aliphatic carbocycles. The van der Waals surface area contributed by atoms with Crippen LogP contribution in [0.4, 0.5) is 0 Å². The average Bonchev–Trinajstić information content (AvgIpc) is 3.54. The number of ether oxygens (including phenoxy) is 1. The van der Waals surface area contributed by atoms with E-state index in [0.717, 1.165) is 46.5 Å². The fourth-order valence-electron chi connectivity index (χ4n) is 7.55. The zero-order valence-electron chi connectivity index (χ0n) is 48.5. The van der Waals surface area contributed by atoms with E-state index in [9.17, 15) is 87.9 Å². The van der Waals surface area contributed by atoms with Crippen molar-refractivity contribution in [2.45, 2.75) is 168 Å².